The first-order chi connectivity index (χ1) is 58.8. The van der Waals surface area contributed by atoms with Crippen LogP contribution in [-0.2, 0) is 9.31 Å². The Kier molecular flexibility index (Phi) is 20.5. The highest BCUT2D eigenvalue weighted by Gasteiger charge is 2.52. The fourth-order valence-electron chi connectivity index (χ4n) is 15.0. The SMILES string of the molecule is CC1(C)OB(c2cc(-c3ccc(-c4nc(-c5ccccc5)nc(-c5ccccc5)n4)cc3)c3c(c2)oc2ccccc23)OC1(C)C.Clc1nc(-c2ccccc2)cc(-c2ccccc2)n1.c1ccc(-c2cc(-c3ccc4oc5ccccc5c4c3-c3ccc(-c4nc(-c5ccccc5)nc(-c5ccccc5)n4)cc3)nc(-c3ccccc3)n2)cc1. The average molecular weight is 1570 g/mol. The highest BCUT2D eigenvalue weighted by molar-refractivity contribution is 6.62. The number of aromatic nitrogens is 10. The molecule has 0 spiro atoms. The summed E-state index contributed by atoms with van der Waals surface area (Å²) < 4.78 is 25.7. The Hall–Kier alpha value is -14.9. The molecule has 0 radical (unpaired) electrons. The van der Waals surface area contributed by atoms with Gasteiger partial charge in [-0.1, -0.05) is 334 Å². The zero-order valence-electron chi connectivity index (χ0n) is 65.9. The molecular formula is C104H74BClN10O4. The summed E-state index contributed by atoms with van der Waals surface area (Å²) in [5.41, 5.74) is 21.3. The largest absolute Gasteiger partial charge is 0.494 e. The molecule has 7 heterocycles. The molecule has 20 aromatic rings. The predicted molar refractivity (Wildman–Crippen MR) is 483 cm³/mol. The molecule has 16 heteroatoms. The number of para-hydroxylation sites is 2. The third-order valence-corrected chi connectivity index (χ3v) is 22.0. The molecule has 14 aromatic carbocycles. The summed E-state index contributed by atoms with van der Waals surface area (Å²) >= 11 is 6.03. The van der Waals surface area contributed by atoms with Crippen molar-refractivity contribution in [3.05, 3.63) is 381 Å². The van der Waals surface area contributed by atoms with Crippen LogP contribution in [0.25, 0.3) is 191 Å². The zero-order chi connectivity index (χ0) is 81.1. The average Bonchev–Trinajstić information content (AvgIpc) is 1.58. The van der Waals surface area contributed by atoms with Crippen LogP contribution in [0.2, 0.25) is 5.28 Å². The molecule has 14 nitrogen and oxygen atoms in total. The molecule has 21 rings (SSSR count). The van der Waals surface area contributed by atoms with Crippen molar-refractivity contribution in [2.75, 3.05) is 0 Å². The zero-order valence-corrected chi connectivity index (χ0v) is 66.6. The van der Waals surface area contributed by atoms with Gasteiger partial charge in [-0.05, 0) is 104 Å². The van der Waals surface area contributed by atoms with Crippen LogP contribution < -0.4 is 5.46 Å². The standard InChI is InChI=1S/C49H31N5O.C39H32BN3O3.C16H11ClN2/c1-5-15-32(16-6-1)40-31-41(51-46(50-40)34-17-7-2-8-18-34)38-29-30-43-45(39-23-13-14-24-42(39)55-43)44(38)33-25-27-37(28-26-33)49-53-47(35-19-9-3-10-20-35)52-48(54-49)36-21-11-4-12-22-36;1-38(2)39(3,4)46-40(45-38)29-23-31(34-30-17-11-12-18-32(30)44-33(34)24-29)25-19-21-28(22-20-25)37-42-35(26-13-7-5-8-14-26)41-36(43-37)27-15-9-6-10-16-27;17-16-18-14(12-7-3-1-4-8-12)11-15(19-16)13-9-5-2-6-10-13/h1-31H;5-24H,1-4H3;1-11H. The molecule has 0 amide bonds. The number of furan rings is 2. The van der Waals surface area contributed by atoms with Gasteiger partial charge >= 0.3 is 7.12 Å². The third-order valence-electron chi connectivity index (χ3n) is 21.8. The van der Waals surface area contributed by atoms with Crippen LogP contribution in [0.1, 0.15) is 27.7 Å². The number of benzene rings is 14. The van der Waals surface area contributed by atoms with Gasteiger partial charge in [-0.15, -0.1) is 0 Å². The number of halogens is 1. The van der Waals surface area contributed by atoms with E-state index in [1.54, 1.807) is 0 Å². The Balaban J connectivity index is 0.000000132. The van der Waals surface area contributed by atoms with Gasteiger partial charge in [0.1, 0.15) is 22.3 Å². The number of hydrogen-bond acceptors (Lipinski definition) is 14. The van der Waals surface area contributed by atoms with Crippen molar-refractivity contribution in [3.63, 3.8) is 0 Å². The minimum Gasteiger partial charge on any atom is -0.456 e. The van der Waals surface area contributed by atoms with Crippen molar-refractivity contribution in [2.24, 2.45) is 0 Å². The lowest BCUT2D eigenvalue weighted by Gasteiger charge is -2.32. The van der Waals surface area contributed by atoms with Crippen molar-refractivity contribution >= 4 is 68.1 Å². The maximum atomic E-state index is 6.45. The van der Waals surface area contributed by atoms with E-state index in [1.807, 2.05) is 267 Å². The Morgan fingerprint density at radius 3 is 0.933 bits per heavy atom. The summed E-state index contributed by atoms with van der Waals surface area (Å²) in [6.07, 6.45) is 0. The van der Waals surface area contributed by atoms with E-state index in [2.05, 4.69) is 147 Å². The van der Waals surface area contributed by atoms with E-state index in [4.69, 9.17) is 69.6 Å². The molecule has 0 unspecified atom stereocenters. The summed E-state index contributed by atoms with van der Waals surface area (Å²) in [5.74, 6) is 4.39. The lowest BCUT2D eigenvalue weighted by Crippen LogP contribution is -2.41. The van der Waals surface area contributed by atoms with Crippen LogP contribution in [0.4, 0.5) is 0 Å². The molecule has 1 saturated heterocycles. The maximum Gasteiger partial charge on any atom is 0.494 e. The molecule has 0 aliphatic carbocycles. The fraction of sp³-hybridized carbons (Fsp3) is 0.0577. The van der Waals surface area contributed by atoms with Crippen LogP contribution in [0, 0.1) is 0 Å². The maximum absolute atomic E-state index is 6.45. The first kappa shape index (κ1) is 75.2. The van der Waals surface area contributed by atoms with Crippen LogP contribution >= 0.6 is 11.6 Å². The van der Waals surface area contributed by atoms with E-state index in [0.717, 1.165) is 156 Å². The number of rotatable bonds is 14. The molecule has 0 atom stereocenters. The van der Waals surface area contributed by atoms with Crippen molar-refractivity contribution in [3.8, 4) is 147 Å². The van der Waals surface area contributed by atoms with Crippen LogP contribution in [0.15, 0.2) is 385 Å². The van der Waals surface area contributed by atoms with Gasteiger partial charge in [0, 0.05) is 88.3 Å². The Morgan fingerprint density at radius 2 is 0.533 bits per heavy atom. The normalized spacial score (nSPS) is 12.8. The smallest absolute Gasteiger partial charge is 0.456 e. The van der Waals surface area contributed by atoms with Crippen molar-refractivity contribution in [2.45, 2.75) is 38.9 Å². The molecule has 1 aliphatic rings. The molecular weight excluding hydrogens is 1500 g/mol. The highest BCUT2D eigenvalue weighted by Crippen LogP contribution is 2.46. The second kappa shape index (κ2) is 32.7. The molecule has 1 fully saturated rings. The monoisotopic (exact) mass is 1570 g/mol. The minimum atomic E-state index is -0.515. The predicted octanol–water partition coefficient (Wildman–Crippen LogP) is 25.4. The number of hydrogen-bond donors (Lipinski definition) is 0. The topological polar surface area (TPSA) is 174 Å². The summed E-state index contributed by atoms with van der Waals surface area (Å²) in [4.78, 5) is 48.3. The molecule has 0 saturated carbocycles. The summed E-state index contributed by atoms with van der Waals surface area (Å²) in [5, 5.41) is 4.45. The van der Waals surface area contributed by atoms with Gasteiger partial charge in [-0.3, -0.25) is 0 Å². The van der Waals surface area contributed by atoms with Crippen molar-refractivity contribution < 1.29 is 18.1 Å². The fourth-order valence-corrected chi connectivity index (χ4v) is 15.2. The Bertz CT molecular complexity index is 6830. The number of fused-ring (bicyclic) bond motifs is 6. The first-order valence-corrected chi connectivity index (χ1v) is 40.1. The summed E-state index contributed by atoms with van der Waals surface area (Å²) in [6, 6.07) is 126. The van der Waals surface area contributed by atoms with Gasteiger partial charge < -0.3 is 18.1 Å². The second-order valence-corrected chi connectivity index (χ2v) is 30.5. The summed E-state index contributed by atoms with van der Waals surface area (Å²) in [7, 11) is -0.515. The van der Waals surface area contributed by atoms with Gasteiger partial charge in [0.05, 0.1) is 34.0 Å². The van der Waals surface area contributed by atoms with Gasteiger partial charge in [-0.2, -0.15) is 0 Å². The summed E-state index contributed by atoms with van der Waals surface area (Å²) in [6.45, 7) is 8.28. The van der Waals surface area contributed by atoms with Crippen LogP contribution in [-0.4, -0.2) is 68.2 Å². The Morgan fingerprint density at radius 1 is 0.233 bits per heavy atom. The van der Waals surface area contributed by atoms with E-state index < -0.39 is 18.3 Å². The van der Waals surface area contributed by atoms with Crippen LogP contribution in [0.3, 0.4) is 0 Å². The van der Waals surface area contributed by atoms with E-state index in [1.165, 1.54) is 0 Å². The Labute approximate surface area is 698 Å². The number of nitrogens with zero attached hydrogens (tertiary/aromatic N) is 10. The van der Waals surface area contributed by atoms with E-state index in [9.17, 15) is 0 Å². The molecule has 0 N–H and O–H groups in total. The van der Waals surface area contributed by atoms with Gasteiger partial charge in [0.15, 0.2) is 40.8 Å². The van der Waals surface area contributed by atoms with Crippen LogP contribution in [0.5, 0.6) is 0 Å². The lowest BCUT2D eigenvalue weighted by atomic mass is 9.77. The van der Waals surface area contributed by atoms with Gasteiger partial charge in [-0.25, -0.2) is 49.8 Å². The second-order valence-electron chi connectivity index (χ2n) is 30.2. The lowest BCUT2D eigenvalue weighted by molar-refractivity contribution is 0.00578. The van der Waals surface area contributed by atoms with Gasteiger partial charge in [0.2, 0.25) is 5.28 Å². The van der Waals surface area contributed by atoms with Crippen molar-refractivity contribution in [1.29, 1.82) is 0 Å². The molecule has 6 aromatic heterocycles. The van der Waals surface area contributed by atoms with E-state index >= 15 is 0 Å². The highest BCUT2D eigenvalue weighted by atomic mass is 35.5. The van der Waals surface area contributed by atoms with Crippen molar-refractivity contribution in [1.82, 2.24) is 49.8 Å². The molecule has 120 heavy (non-hydrogen) atoms. The first-order valence-electron chi connectivity index (χ1n) is 39.7. The van der Waals surface area contributed by atoms with E-state index in [0.29, 0.717) is 40.8 Å². The van der Waals surface area contributed by atoms with E-state index in [-0.39, 0.29) is 5.28 Å². The minimum absolute atomic E-state index is 0.264. The third kappa shape index (κ3) is 15.5. The molecule has 0 bridgehead atoms. The van der Waals surface area contributed by atoms with Gasteiger partial charge in [0.25, 0.3) is 0 Å². The molecule has 1 aliphatic heterocycles. The molecule has 574 valence electrons. The quantitative estimate of drug-likeness (QED) is 0.0743.